The Morgan fingerprint density at radius 3 is 2.03 bits per heavy atom. The van der Waals surface area contributed by atoms with Crippen LogP contribution in [0.3, 0.4) is 0 Å². The Bertz CT molecular complexity index is 1270. The fourth-order valence-electron chi connectivity index (χ4n) is 3.91. The molecule has 1 heterocycles. The Kier molecular flexibility index (Phi) is 6.64. The van der Waals surface area contributed by atoms with Gasteiger partial charge in [-0.1, -0.05) is 103 Å². The molecule has 0 amide bonds. The van der Waals surface area contributed by atoms with Gasteiger partial charge < -0.3 is 4.98 Å². The summed E-state index contributed by atoms with van der Waals surface area (Å²) in [4.78, 5) is 13.1. The molecule has 1 N–H and O–H groups in total. The van der Waals surface area contributed by atoms with Crippen LogP contribution in [0.2, 0.25) is 0 Å². The number of thioether (sulfide) groups is 1. The first-order valence-corrected chi connectivity index (χ1v) is 12.3. The first-order chi connectivity index (χ1) is 16.4. The summed E-state index contributed by atoms with van der Waals surface area (Å²) in [6.45, 7) is 0.769. The number of rotatable bonds is 8. The molecule has 0 radical (unpaired) electrons. The molecular weight excluding hydrogens is 422 g/mol. The van der Waals surface area contributed by atoms with Crippen molar-refractivity contribution in [3.05, 3.63) is 115 Å². The number of fused-ring (bicyclic) bond motifs is 1. The average molecular weight is 448 g/mol. The van der Waals surface area contributed by atoms with E-state index in [9.17, 15) is 0 Å². The lowest BCUT2D eigenvalue weighted by Crippen LogP contribution is -1.90. The van der Waals surface area contributed by atoms with Crippen LogP contribution in [0, 0.1) is 0 Å². The quantitative estimate of drug-likeness (QED) is 0.201. The van der Waals surface area contributed by atoms with Crippen LogP contribution in [0.15, 0.2) is 108 Å². The van der Waals surface area contributed by atoms with Gasteiger partial charge in [-0.05, 0) is 16.7 Å². The number of nitrogens with zero attached hydrogens (tertiary/aromatic N) is 2. The lowest BCUT2D eigenvalue weighted by molar-refractivity contribution is 1.14. The summed E-state index contributed by atoms with van der Waals surface area (Å²) in [7, 11) is 0. The van der Waals surface area contributed by atoms with Crippen LogP contribution in [-0.4, -0.2) is 28.5 Å². The van der Waals surface area contributed by atoms with E-state index in [2.05, 4.69) is 101 Å². The van der Waals surface area contributed by atoms with Crippen LogP contribution < -0.4 is 0 Å². The van der Waals surface area contributed by atoms with E-state index in [4.69, 9.17) is 4.98 Å². The van der Waals surface area contributed by atoms with Gasteiger partial charge in [-0.3, -0.25) is 4.99 Å². The maximum atomic E-state index is 4.93. The van der Waals surface area contributed by atoms with Crippen molar-refractivity contribution < 1.29 is 0 Å². The van der Waals surface area contributed by atoms with Gasteiger partial charge in [-0.2, -0.15) is 11.8 Å². The van der Waals surface area contributed by atoms with Crippen molar-refractivity contribution in [3.8, 4) is 22.3 Å². The second-order valence-electron chi connectivity index (χ2n) is 7.81. The summed E-state index contributed by atoms with van der Waals surface area (Å²) in [5, 5.41) is 0. The Balaban J connectivity index is 1.38. The number of aliphatic imine (C=N–C) groups is 1. The number of imidazole rings is 1. The van der Waals surface area contributed by atoms with Crippen LogP contribution >= 0.6 is 11.8 Å². The summed E-state index contributed by atoms with van der Waals surface area (Å²) in [5.74, 6) is 2.79. The zero-order chi connectivity index (χ0) is 22.3. The third kappa shape index (κ3) is 5.07. The second kappa shape index (κ2) is 10.3. The second-order valence-corrected chi connectivity index (χ2v) is 8.92. The molecule has 4 aromatic carbocycles. The maximum absolute atomic E-state index is 4.93. The van der Waals surface area contributed by atoms with Gasteiger partial charge in [0.05, 0.1) is 17.2 Å². The Hall–Kier alpha value is -3.63. The molecule has 0 fully saturated rings. The van der Waals surface area contributed by atoms with E-state index in [1.165, 1.54) is 11.1 Å². The molecular formula is C29H25N3S. The molecule has 0 saturated heterocycles. The largest absolute Gasteiger partial charge is 0.337 e. The summed E-state index contributed by atoms with van der Waals surface area (Å²) < 4.78 is 0. The summed E-state index contributed by atoms with van der Waals surface area (Å²) in [6.07, 6.45) is 1.87. The third-order valence-corrected chi connectivity index (χ3v) is 6.53. The summed E-state index contributed by atoms with van der Waals surface area (Å²) in [5.41, 5.74) is 7.98. The highest BCUT2D eigenvalue weighted by atomic mass is 32.2. The average Bonchev–Trinajstić information content (AvgIpc) is 3.31. The van der Waals surface area contributed by atoms with E-state index in [1.54, 1.807) is 0 Å². The number of nitrogens with one attached hydrogen (secondary N) is 1. The monoisotopic (exact) mass is 447 g/mol. The third-order valence-electron chi connectivity index (χ3n) is 5.52. The van der Waals surface area contributed by atoms with Gasteiger partial charge in [-0.25, -0.2) is 4.98 Å². The van der Waals surface area contributed by atoms with E-state index >= 15 is 0 Å². The molecule has 33 heavy (non-hydrogen) atoms. The van der Waals surface area contributed by atoms with Gasteiger partial charge >= 0.3 is 0 Å². The van der Waals surface area contributed by atoms with Crippen LogP contribution in [-0.2, 0) is 5.75 Å². The molecule has 0 saturated carbocycles. The number of aromatic amines is 1. The SMILES string of the molecule is C(=NCCSCc1ccccc1)c1nc2c(-c3ccccc3)ccc(-c3ccccc3)c2[nH]1. The van der Waals surface area contributed by atoms with Gasteiger partial charge in [0.15, 0.2) is 0 Å². The molecule has 5 rings (SSSR count). The molecule has 0 aliphatic rings. The highest BCUT2D eigenvalue weighted by molar-refractivity contribution is 7.98. The van der Waals surface area contributed by atoms with Crippen molar-refractivity contribution in [2.24, 2.45) is 4.99 Å². The zero-order valence-corrected chi connectivity index (χ0v) is 19.1. The van der Waals surface area contributed by atoms with E-state index in [0.29, 0.717) is 0 Å². The van der Waals surface area contributed by atoms with Gasteiger partial charge in [0, 0.05) is 29.2 Å². The molecule has 0 unspecified atom stereocenters. The van der Waals surface area contributed by atoms with Gasteiger partial charge in [-0.15, -0.1) is 0 Å². The highest BCUT2D eigenvalue weighted by Crippen LogP contribution is 2.34. The molecule has 162 valence electrons. The fourth-order valence-corrected chi connectivity index (χ4v) is 4.72. The smallest absolute Gasteiger partial charge is 0.149 e. The lowest BCUT2D eigenvalue weighted by Gasteiger charge is -2.07. The van der Waals surface area contributed by atoms with Crippen molar-refractivity contribution in [1.82, 2.24) is 9.97 Å². The Morgan fingerprint density at radius 2 is 1.33 bits per heavy atom. The summed E-state index contributed by atoms with van der Waals surface area (Å²) in [6, 6.07) is 35.8. The number of hydrogen-bond donors (Lipinski definition) is 1. The molecule has 1 aromatic heterocycles. The Morgan fingerprint density at radius 1 is 0.727 bits per heavy atom. The lowest BCUT2D eigenvalue weighted by atomic mass is 9.98. The highest BCUT2D eigenvalue weighted by Gasteiger charge is 2.13. The zero-order valence-electron chi connectivity index (χ0n) is 18.3. The predicted octanol–water partition coefficient (Wildman–Crippen LogP) is 7.25. The number of hydrogen-bond acceptors (Lipinski definition) is 3. The Labute approximate surface area is 198 Å². The first kappa shape index (κ1) is 21.2. The predicted molar refractivity (Wildman–Crippen MR) is 142 cm³/mol. The molecule has 3 nitrogen and oxygen atoms in total. The minimum Gasteiger partial charge on any atom is -0.337 e. The van der Waals surface area contributed by atoms with E-state index in [1.807, 2.05) is 30.1 Å². The molecule has 5 aromatic rings. The van der Waals surface area contributed by atoms with E-state index < -0.39 is 0 Å². The topological polar surface area (TPSA) is 41.0 Å². The van der Waals surface area contributed by atoms with Crippen molar-refractivity contribution in [3.63, 3.8) is 0 Å². The number of benzene rings is 4. The first-order valence-electron chi connectivity index (χ1n) is 11.1. The minimum atomic E-state index is 0.769. The normalized spacial score (nSPS) is 11.4. The minimum absolute atomic E-state index is 0.769. The van der Waals surface area contributed by atoms with E-state index in [0.717, 1.165) is 51.6 Å². The van der Waals surface area contributed by atoms with Crippen molar-refractivity contribution in [2.75, 3.05) is 12.3 Å². The van der Waals surface area contributed by atoms with Gasteiger partial charge in [0.2, 0.25) is 0 Å². The molecule has 0 atom stereocenters. The molecule has 0 spiro atoms. The molecule has 0 bridgehead atoms. The van der Waals surface area contributed by atoms with Crippen molar-refractivity contribution >= 4 is 29.0 Å². The standard InChI is InChI=1S/C29H25N3S/c1-4-10-22(11-5-1)21-33-19-18-30-20-27-31-28-25(23-12-6-2-7-13-23)16-17-26(29(28)32-27)24-14-8-3-9-15-24/h1-17,20H,18-19,21H2,(H,31,32). The van der Waals surface area contributed by atoms with Gasteiger partial charge in [0.1, 0.15) is 5.82 Å². The maximum Gasteiger partial charge on any atom is 0.149 e. The van der Waals surface area contributed by atoms with Crippen LogP contribution in [0.1, 0.15) is 11.4 Å². The molecule has 0 aliphatic carbocycles. The van der Waals surface area contributed by atoms with Crippen molar-refractivity contribution in [1.29, 1.82) is 0 Å². The van der Waals surface area contributed by atoms with E-state index in [-0.39, 0.29) is 0 Å². The van der Waals surface area contributed by atoms with Crippen molar-refractivity contribution in [2.45, 2.75) is 5.75 Å². The van der Waals surface area contributed by atoms with Crippen LogP contribution in [0.5, 0.6) is 0 Å². The molecule has 4 heteroatoms. The van der Waals surface area contributed by atoms with Crippen LogP contribution in [0.4, 0.5) is 0 Å². The fraction of sp³-hybridized carbons (Fsp3) is 0.103. The number of aromatic nitrogens is 2. The summed E-state index contributed by atoms with van der Waals surface area (Å²) >= 11 is 1.90. The molecule has 0 aliphatic heterocycles. The number of H-pyrrole nitrogens is 1. The van der Waals surface area contributed by atoms with Gasteiger partial charge in [0.25, 0.3) is 0 Å². The van der Waals surface area contributed by atoms with Crippen LogP contribution in [0.25, 0.3) is 33.3 Å².